The first-order chi connectivity index (χ1) is 8.59. The highest BCUT2D eigenvalue weighted by molar-refractivity contribution is 7.99. The van der Waals surface area contributed by atoms with Crippen LogP contribution in [-0.2, 0) is 0 Å². The number of aromatic nitrogens is 1. The quantitative estimate of drug-likeness (QED) is 0.921. The summed E-state index contributed by atoms with van der Waals surface area (Å²) in [6.07, 6.45) is 1.41. The second kappa shape index (κ2) is 5.61. The van der Waals surface area contributed by atoms with Crippen molar-refractivity contribution in [3.63, 3.8) is 0 Å². The van der Waals surface area contributed by atoms with Crippen LogP contribution in [-0.4, -0.2) is 16.1 Å². The van der Waals surface area contributed by atoms with Crippen molar-refractivity contribution in [1.82, 2.24) is 4.98 Å². The van der Waals surface area contributed by atoms with Gasteiger partial charge in [0.15, 0.2) is 0 Å². The molecule has 0 unspecified atom stereocenters. The van der Waals surface area contributed by atoms with Crippen LogP contribution in [0.3, 0.4) is 0 Å². The molecule has 0 spiro atoms. The highest BCUT2D eigenvalue weighted by atomic mass is 35.5. The Kier molecular flexibility index (Phi) is 4.11. The van der Waals surface area contributed by atoms with Gasteiger partial charge in [0.25, 0.3) is 0 Å². The topological polar surface area (TPSA) is 50.2 Å². The van der Waals surface area contributed by atoms with Crippen LogP contribution in [0.25, 0.3) is 0 Å². The molecule has 2 rings (SSSR count). The van der Waals surface area contributed by atoms with Gasteiger partial charge in [-0.15, -0.1) is 0 Å². The zero-order chi connectivity index (χ0) is 13.1. The molecule has 0 saturated carbocycles. The fourth-order valence-corrected chi connectivity index (χ4v) is 2.69. The first-order valence-corrected chi connectivity index (χ1v) is 6.47. The first kappa shape index (κ1) is 13.2. The minimum absolute atomic E-state index is 0.0289. The van der Waals surface area contributed by atoms with Crippen molar-refractivity contribution in [3.8, 4) is 0 Å². The van der Waals surface area contributed by atoms with Gasteiger partial charge in [0.1, 0.15) is 5.03 Å². The molecule has 3 nitrogen and oxygen atoms in total. The lowest BCUT2D eigenvalue weighted by molar-refractivity contribution is 0.0696. The van der Waals surface area contributed by atoms with E-state index in [1.54, 1.807) is 6.07 Å². The number of rotatable bonds is 3. The standard InChI is InChI=1S/C12H7Cl2NO2S/c13-8-3-1-2-4-9(8)18-11-10(14)7(12(16)17)5-6-15-11/h1-6H,(H,16,17). The number of carboxylic acids is 1. The minimum Gasteiger partial charge on any atom is -0.478 e. The summed E-state index contributed by atoms with van der Waals surface area (Å²) in [5.41, 5.74) is 0.0289. The molecule has 0 aliphatic carbocycles. The van der Waals surface area contributed by atoms with Crippen molar-refractivity contribution < 1.29 is 9.90 Å². The Labute approximate surface area is 118 Å². The number of nitrogens with zero attached hydrogens (tertiary/aromatic N) is 1. The van der Waals surface area contributed by atoms with E-state index < -0.39 is 5.97 Å². The number of carbonyl (C=O) groups is 1. The molecule has 6 heteroatoms. The van der Waals surface area contributed by atoms with Crippen molar-refractivity contribution in [2.45, 2.75) is 9.92 Å². The first-order valence-electron chi connectivity index (χ1n) is 4.90. The van der Waals surface area contributed by atoms with E-state index in [1.807, 2.05) is 18.2 Å². The molecular formula is C12H7Cl2NO2S. The largest absolute Gasteiger partial charge is 0.478 e. The zero-order valence-corrected chi connectivity index (χ0v) is 11.3. The molecule has 18 heavy (non-hydrogen) atoms. The van der Waals surface area contributed by atoms with Crippen molar-refractivity contribution in [2.75, 3.05) is 0 Å². The number of benzene rings is 1. The summed E-state index contributed by atoms with van der Waals surface area (Å²) in [4.78, 5) is 15.8. The van der Waals surface area contributed by atoms with Crippen molar-refractivity contribution in [3.05, 3.63) is 52.1 Å². The van der Waals surface area contributed by atoms with Gasteiger partial charge in [-0.25, -0.2) is 9.78 Å². The molecule has 1 aromatic heterocycles. The summed E-state index contributed by atoms with van der Waals surface area (Å²) in [5, 5.41) is 10.1. The molecule has 0 aliphatic heterocycles. The molecule has 0 radical (unpaired) electrons. The maximum absolute atomic E-state index is 10.9. The highest BCUT2D eigenvalue weighted by Gasteiger charge is 2.14. The molecule has 0 atom stereocenters. The monoisotopic (exact) mass is 299 g/mol. The third-order valence-corrected chi connectivity index (χ3v) is 4.15. The minimum atomic E-state index is -1.08. The third-order valence-electron chi connectivity index (χ3n) is 2.13. The van der Waals surface area contributed by atoms with Crippen LogP contribution in [0.15, 0.2) is 46.5 Å². The second-order valence-electron chi connectivity index (χ2n) is 3.32. The molecular weight excluding hydrogens is 293 g/mol. The Morgan fingerprint density at radius 3 is 2.61 bits per heavy atom. The van der Waals surface area contributed by atoms with Gasteiger partial charge in [-0.05, 0) is 18.2 Å². The van der Waals surface area contributed by atoms with E-state index in [-0.39, 0.29) is 10.6 Å². The van der Waals surface area contributed by atoms with Gasteiger partial charge in [-0.1, -0.05) is 47.1 Å². The van der Waals surface area contributed by atoms with Crippen LogP contribution < -0.4 is 0 Å². The fraction of sp³-hybridized carbons (Fsp3) is 0. The van der Waals surface area contributed by atoms with E-state index >= 15 is 0 Å². The maximum Gasteiger partial charge on any atom is 0.337 e. The Balaban J connectivity index is 2.39. The molecule has 0 aliphatic rings. The number of aromatic carboxylic acids is 1. The molecule has 0 amide bonds. The summed E-state index contributed by atoms with van der Waals surface area (Å²) in [7, 11) is 0. The number of hydrogen-bond acceptors (Lipinski definition) is 3. The fourth-order valence-electron chi connectivity index (χ4n) is 1.29. The maximum atomic E-state index is 10.9. The normalized spacial score (nSPS) is 10.3. The van der Waals surface area contributed by atoms with Crippen LogP contribution in [0.1, 0.15) is 10.4 Å². The van der Waals surface area contributed by atoms with Gasteiger partial charge >= 0.3 is 5.97 Å². The van der Waals surface area contributed by atoms with Gasteiger partial charge in [0, 0.05) is 11.1 Å². The van der Waals surface area contributed by atoms with Crippen LogP contribution in [0.4, 0.5) is 0 Å². The van der Waals surface area contributed by atoms with Gasteiger partial charge in [-0.2, -0.15) is 0 Å². The van der Waals surface area contributed by atoms with E-state index in [0.717, 1.165) is 4.90 Å². The Bertz CT molecular complexity index is 604. The van der Waals surface area contributed by atoms with Crippen molar-refractivity contribution in [1.29, 1.82) is 0 Å². The summed E-state index contributed by atoms with van der Waals surface area (Å²) >= 11 is 13.3. The lowest BCUT2D eigenvalue weighted by Gasteiger charge is -2.06. The van der Waals surface area contributed by atoms with E-state index in [1.165, 1.54) is 24.0 Å². The predicted octanol–water partition coefficient (Wildman–Crippen LogP) is 4.24. The molecule has 0 bridgehead atoms. The van der Waals surface area contributed by atoms with Gasteiger partial charge < -0.3 is 5.11 Å². The average molecular weight is 300 g/mol. The van der Waals surface area contributed by atoms with Crippen LogP contribution >= 0.6 is 35.0 Å². The smallest absolute Gasteiger partial charge is 0.337 e. The molecule has 0 saturated heterocycles. The number of halogens is 2. The third kappa shape index (κ3) is 2.77. The number of pyridine rings is 1. The SMILES string of the molecule is O=C(O)c1ccnc(Sc2ccccc2Cl)c1Cl. The average Bonchev–Trinajstić information content (AvgIpc) is 2.34. The zero-order valence-electron chi connectivity index (χ0n) is 8.93. The van der Waals surface area contributed by atoms with Crippen LogP contribution in [0, 0.1) is 0 Å². The van der Waals surface area contributed by atoms with Gasteiger partial charge in [0.2, 0.25) is 0 Å². The number of hydrogen-bond donors (Lipinski definition) is 1. The van der Waals surface area contributed by atoms with Gasteiger partial charge in [0.05, 0.1) is 15.6 Å². The predicted molar refractivity (Wildman–Crippen MR) is 71.8 cm³/mol. The van der Waals surface area contributed by atoms with E-state index in [0.29, 0.717) is 10.0 Å². The molecule has 1 N–H and O–H groups in total. The molecule has 1 heterocycles. The van der Waals surface area contributed by atoms with Crippen molar-refractivity contribution >= 4 is 40.9 Å². The van der Waals surface area contributed by atoms with Crippen LogP contribution in [0.2, 0.25) is 10.0 Å². The lowest BCUT2D eigenvalue weighted by atomic mass is 10.3. The summed E-state index contributed by atoms with van der Waals surface area (Å²) < 4.78 is 0. The Hall–Kier alpha value is -1.23. The van der Waals surface area contributed by atoms with Crippen LogP contribution in [0.5, 0.6) is 0 Å². The molecule has 0 fully saturated rings. The summed E-state index contributed by atoms with van der Waals surface area (Å²) in [5.74, 6) is -1.08. The Morgan fingerprint density at radius 2 is 1.94 bits per heavy atom. The van der Waals surface area contributed by atoms with Crippen molar-refractivity contribution in [2.24, 2.45) is 0 Å². The molecule has 1 aromatic carbocycles. The van der Waals surface area contributed by atoms with Gasteiger partial charge in [-0.3, -0.25) is 0 Å². The second-order valence-corrected chi connectivity index (χ2v) is 5.13. The van der Waals surface area contributed by atoms with E-state index in [2.05, 4.69) is 4.98 Å². The Morgan fingerprint density at radius 1 is 1.22 bits per heavy atom. The number of carboxylic acid groups (broad SMARTS) is 1. The summed E-state index contributed by atoms with van der Waals surface area (Å²) in [6.45, 7) is 0. The highest BCUT2D eigenvalue weighted by Crippen LogP contribution is 2.36. The van der Waals surface area contributed by atoms with E-state index in [4.69, 9.17) is 28.3 Å². The summed E-state index contributed by atoms with van der Waals surface area (Å²) in [6, 6.07) is 8.58. The molecule has 2 aromatic rings. The van der Waals surface area contributed by atoms with E-state index in [9.17, 15) is 4.79 Å². The molecule has 92 valence electrons. The lowest BCUT2D eigenvalue weighted by Crippen LogP contribution is -1.99.